The maximum absolute atomic E-state index is 15.0. The first-order chi connectivity index (χ1) is 19.3. The summed E-state index contributed by atoms with van der Waals surface area (Å²) in [6, 6.07) is 5.05. The lowest BCUT2D eigenvalue weighted by molar-refractivity contribution is -0.136. The summed E-state index contributed by atoms with van der Waals surface area (Å²) in [7, 11) is 0. The van der Waals surface area contributed by atoms with Crippen LogP contribution in [0.1, 0.15) is 34.3 Å². The van der Waals surface area contributed by atoms with Crippen molar-refractivity contribution < 1.29 is 32.6 Å². The maximum atomic E-state index is 15.0. The molecule has 0 radical (unpaired) electrons. The van der Waals surface area contributed by atoms with Gasteiger partial charge in [-0.2, -0.15) is 4.39 Å². The first kappa shape index (κ1) is 26.8. The molecule has 2 fully saturated rings. The molecule has 1 aromatic heterocycles. The molecular formula is C27H23BrF2N4O5S. The fourth-order valence-electron chi connectivity index (χ4n) is 5.08. The number of ether oxygens (including phenoxy) is 2. The second-order valence-corrected chi connectivity index (χ2v) is 11.2. The van der Waals surface area contributed by atoms with Gasteiger partial charge in [0.2, 0.25) is 17.6 Å². The van der Waals surface area contributed by atoms with Crippen molar-refractivity contribution in [2.45, 2.75) is 32.0 Å². The third-order valence-electron chi connectivity index (χ3n) is 7.20. The molecule has 0 spiro atoms. The zero-order chi connectivity index (χ0) is 28.0. The first-order valence-corrected chi connectivity index (χ1v) is 14.3. The van der Waals surface area contributed by atoms with E-state index in [1.165, 1.54) is 22.3 Å². The first-order valence-electron chi connectivity index (χ1n) is 12.7. The number of thiazole rings is 1. The summed E-state index contributed by atoms with van der Waals surface area (Å²) >= 11 is 4.95. The summed E-state index contributed by atoms with van der Waals surface area (Å²) in [6.45, 7) is 2.64. The smallest absolute Gasteiger partial charge is 0.255 e. The molecule has 4 heterocycles. The molecule has 3 aliphatic heterocycles. The number of carbonyl (C=O) groups excluding carboxylic acids is 3. The van der Waals surface area contributed by atoms with Crippen LogP contribution >= 0.6 is 27.3 Å². The fourth-order valence-corrected chi connectivity index (χ4v) is 6.54. The van der Waals surface area contributed by atoms with E-state index < -0.39 is 23.6 Å². The second kappa shape index (κ2) is 10.9. The third-order valence-corrected chi connectivity index (χ3v) is 9.09. The van der Waals surface area contributed by atoms with E-state index in [0.29, 0.717) is 58.7 Å². The largest absolute Gasteiger partial charge is 0.485 e. The SMILES string of the molecule is O=C1CCC(N2Cc3c(ccc(COc4c(-c5csc(N6CCOCC6)n5)ccc(F)c4F)c3Br)C2=O)C(=O)N1. The van der Waals surface area contributed by atoms with E-state index in [2.05, 4.69) is 31.1 Å². The van der Waals surface area contributed by atoms with Gasteiger partial charge in [0.1, 0.15) is 12.6 Å². The van der Waals surface area contributed by atoms with Gasteiger partial charge in [-0.15, -0.1) is 11.3 Å². The number of carbonyl (C=O) groups is 3. The van der Waals surface area contributed by atoms with Gasteiger partial charge in [-0.05, 0) is 30.2 Å². The normalized spacial score (nSPS) is 19.2. The lowest BCUT2D eigenvalue weighted by atomic mass is 10.0. The Morgan fingerprint density at radius 3 is 2.67 bits per heavy atom. The number of anilines is 1. The van der Waals surface area contributed by atoms with Crippen molar-refractivity contribution >= 4 is 50.1 Å². The zero-order valence-corrected chi connectivity index (χ0v) is 23.4. The maximum Gasteiger partial charge on any atom is 0.255 e. The van der Waals surface area contributed by atoms with Crippen molar-refractivity contribution in [3.8, 4) is 17.0 Å². The van der Waals surface area contributed by atoms with Crippen LogP contribution in [-0.2, 0) is 27.5 Å². The average Bonchev–Trinajstić information content (AvgIpc) is 3.57. The van der Waals surface area contributed by atoms with Crippen LogP contribution in [0.5, 0.6) is 5.75 Å². The van der Waals surface area contributed by atoms with Gasteiger partial charge in [0, 0.05) is 52.6 Å². The Labute approximate surface area is 240 Å². The number of aromatic nitrogens is 1. The lowest BCUT2D eigenvalue weighted by Crippen LogP contribution is -2.52. The van der Waals surface area contributed by atoms with Gasteiger partial charge in [0.15, 0.2) is 16.7 Å². The van der Waals surface area contributed by atoms with Crippen LogP contribution in [0.4, 0.5) is 13.9 Å². The Morgan fingerprint density at radius 2 is 1.90 bits per heavy atom. The minimum absolute atomic E-state index is 0.117. The number of piperidine rings is 1. The Balaban J connectivity index is 1.23. The number of imide groups is 1. The predicted octanol–water partition coefficient (Wildman–Crippen LogP) is 4.03. The van der Waals surface area contributed by atoms with Gasteiger partial charge in [-0.25, -0.2) is 9.37 Å². The molecule has 1 unspecified atom stereocenters. The van der Waals surface area contributed by atoms with Crippen LogP contribution < -0.4 is 15.0 Å². The van der Waals surface area contributed by atoms with E-state index in [1.807, 2.05) is 0 Å². The van der Waals surface area contributed by atoms with Crippen molar-refractivity contribution in [3.05, 3.63) is 62.4 Å². The summed E-state index contributed by atoms with van der Waals surface area (Å²) in [4.78, 5) is 45.1. The van der Waals surface area contributed by atoms with E-state index in [1.54, 1.807) is 17.5 Å². The zero-order valence-electron chi connectivity index (χ0n) is 21.0. The second-order valence-electron chi connectivity index (χ2n) is 9.61. The highest BCUT2D eigenvalue weighted by molar-refractivity contribution is 9.10. The number of nitrogens with one attached hydrogen (secondary N) is 1. The number of morpholine rings is 1. The number of hydrogen-bond donors (Lipinski definition) is 1. The summed E-state index contributed by atoms with van der Waals surface area (Å²) in [6.07, 6.45) is 0.411. The number of benzene rings is 2. The average molecular weight is 633 g/mol. The molecule has 0 aliphatic carbocycles. The monoisotopic (exact) mass is 632 g/mol. The van der Waals surface area contributed by atoms with E-state index in [-0.39, 0.29) is 43.6 Å². The molecule has 40 heavy (non-hydrogen) atoms. The number of hydrogen-bond acceptors (Lipinski definition) is 8. The van der Waals surface area contributed by atoms with Crippen LogP contribution in [-0.4, -0.2) is 60.0 Å². The van der Waals surface area contributed by atoms with E-state index in [4.69, 9.17) is 9.47 Å². The summed E-state index contributed by atoms with van der Waals surface area (Å²) < 4.78 is 41.1. The molecule has 0 saturated carbocycles. The molecular weight excluding hydrogens is 610 g/mol. The van der Waals surface area contributed by atoms with Crippen LogP contribution in [0.25, 0.3) is 11.3 Å². The fraction of sp³-hybridized carbons (Fsp3) is 0.333. The van der Waals surface area contributed by atoms with Gasteiger partial charge < -0.3 is 19.3 Å². The highest BCUT2D eigenvalue weighted by Gasteiger charge is 2.40. The molecule has 3 aliphatic rings. The lowest BCUT2D eigenvalue weighted by Gasteiger charge is -2.29. The number of halogens is 3. The summed E-state index contributed by atoms with van der Waals surface area (Å²) in [5, 5.41) is 4.83. The van der Waals surface area contributed by atoms with E-state index in [9.17, 15) is 18.8 Å². The van der Waals surface area contributed by atoms with E-state index in [0.717, 1.165) is 11.2 Å². The highest BCUT2D eigenvalue weighted by Crippen LogP contribution is 2.39. The molecule has 2 saturated heterocycles. The number of rotatable bonds is 6. The predicted molar refractivity (Wildman–Crippen MR) is 145 cm³/mol. The topological polar surface area (TPSA) is 101 Å². The molecule has 3 aromatic rings. The minimum Gasteiger partial charge on any atom is -0.485 e. The Bertz CT molecular complexity index is 1530. The van der Waals surface area contributed by atoms with Gasteiger partial charge in [0.05, 0.1) is 18.9 Å². The standard InChI is InChI=1S/C27H23BrF2N4O5S/c28-22-14(1-2-15-17(22)11-34(26(15)37)20-5-6-21(35)32-25(20)36)12-39-24-16(3-4-18(29)23(24)30)19-13-40-27(31-19)33-7-9-38-10-8-33/h1-4,13,20H,5-12H2,(H,32,35,36). The van der Waals surface area contributed by atoms with Gasteiger partial charge in [-0.1, -0.05) is 22.0 Å². The molecule has 0 bridgehead atoms. The van der Waals surface area contributed by atoms with Crippen molar-refractivity contribution in [3.63, 3.8) is 0 Å². The van der Waals surface area contributed by atoms with Crippen LogP contribution in [0, 0.1) is 11.6 Å². The number of nitrogens with zero attached hydrogens (tertiary/aromatic N) is 3. The van der Waals surface area contributed by atoms with Gasteiger partial charge in [0.25, 0.3) is 5.91 Å². The van der Waals surface area contributed by atoms with E-state index >= 15 is 4.39 Å². The molecule has 3 amide bonds. The van der Waals surface area contributed by atoms with Crippen LogP contribution in [0.15, 0.2) is 34.1 Å². The Kier molecular flexibility index (Phi) is 7.27. The Morgan fingerprint density at radius 1 is 1.12 bits per heavy atom. The molecule has 9 nitrogen and oxygen atoms in total. The number of fused-ring (bicyclic) bond motifs is 1. The van der Waals surface area contributed by atoms with Crippen LogP contribution in [0.3, 0.4) is 0 Å². The van der Waals surface area contributed by atoms with Crippen molar-refractivity contribution in [2.75, 3.05) is 31.2 Å². The van der Waals surface area contributed by atoms with Gasteiger partial charge in [-0.3, -0.25) is 19.7 Å². The van der Waals surface area contributed by atoms with Crippen molar-refractivity contribution in [1.82, 2.24) is 15.2 Å². The third kappa shape index (κ3) is 4.86. The van der Waals surface area contributed by atoms with Gasteiger partial charge >= 0.3 is 0 Å². The minimum atomic E-state index is -1.12. The molecule has 208 valence electrons. The summed E-state index contributed by atoms with van der Waals surface area (Å²) in [5.41, 5.74) is 2.49. The molecule has 6 rings (SSSR count). The molecule has 2 aromatic carbocycles. The molecule has 1 N–H and O–H groups in total. The van der Waals surface area contributed by atoms with Crippen molar-refractivity contribution in [1.29, 1.82) is 0 Å². The highest BCUT2D eigenvalue weighted by atomic mass is 79.9. The molecule has 1 atom stereocenters. The van der Waals surface area contributed by atoms with Crippen LogP contribution in [0.2, 0.25) is 0 Å². The number of amides is 3. The van der Waals surface area contributed by atoms with Crippen molar-refractivity contribution in [2.24, 2.45) is 0 Å². The quantitative estimate of drug-likeness (QED) is 0.410. The Hall–Kier alpha value is -3.42. The molecule has 13 heteroatoms. The summed E-state index contributed by atoms with van der Waals surface area (Å²) in [5.74, 6) is -3.58.